The lowest BCUT2D eigenvalue weighted by atomic mass is 9.97. The van der Waals surface area contributed by atoms with Gasteiger partial charge in [-0.05, 0) is 246 Å². The Morgan fingerprint density at radius 3 is 1.22 bits per heavy atom. The van der Waals surface area contributed by atoms with Crippen LogP contribution in [0, 0.1) is 79.8 Å². The molecule has 0 fully saturated rings. The molecule has 0 aliphatic carbocycles. The van der Waals surface area contributed by atoms with Gasteiger partial charge in [0, 0.05) is 138 Å². The third kappa shape index (κ3) is 22.2. The molecular weight excluding hydrogens is 1880 g/mol. The van der Waals surface area contributed by atoms with Gasteiger partial charge in [-0.15, -0.1) is 0 Å². The number of ether oxygens (including phenoxy) is 4. The molecule has 17 aromatic rings. The van der Waals surface area contributed by atoms with Crippen molar-refractivity contribution in [1.82, 2.24) is 61.8 Å². The van der Waals surface area contributed by atoms with Crippen molar-refractivity contribution in [2.45, 2.75) is 125 Å². The smallest absolute Gasteiger partial charge is 0.262 e. The molecule has 0 saturated carbocycles. The van der Waals surface area contributed by atoms with Crippen molar-refractivity contribution >= 4 is 52.3 Å². The summed E-state index contributed by atoms with van der Waals surface area (Å²) in [5, 5.41) is 15.0. The first-order valence-electron chi connectivity index (χ1n) is 46.2. The summed E-state index contributed by atoms with van der Waals surface area (Å²) < 4.78 is 77.6. The molecule has 143 heavy (non-hydrogen) atoms. The van der Waals surface area contributed by atoms with E-state index in [9.17, 15) is 51.8 Å². The Labute approximate surface area is 835 Å². The number of carbonyl (C=O) groups is 3. The minimum Gasteiger partial charge on any atom is -0.497 e. The number of aliphatic hydroxyl groups is 1. The standard InChI is InChI=1S/C34H34N4O3.C26H23ClFN3O3.2C26H21ClFN3O3/c1-23-5-7-27(8-6-23)20-37-21-30(33(39)35-18-26-9-12-31(41-4)13-10-26)17-29(34(37)40)16-28-11-14-32(24(2)15-28)38-19-25(3)36-22-38;3*1-15-9-17(3-5-22(15)30-12-16(2)29-14-30)25(32)21-10-18(27)13-31(26(21)33)23-7-8-34-24-6-4-19(28)11-20(23)24/h5-15,17,19,21-22H,16,18,20H2,1-4H3,(H,35,39);3-6,9-14,23,25,32H,7-8H2,1-2H3;2*3-6,9-14,23H,7-8H2,1-2H3. The van der Waals surface area contributed by atoms with E-state index in [1.54, 1.807) is 97.8 Å². The van der Waals surface area contributed by atoms with E-state index in [0.29, 0.717) is 125 Å². The van der Waals surface area contributed by atoms with Gasteiger partial charge in [-0.1, -0.05) is 101 Å². The summed E-state index contributed by atoms with van der Waals surface area (Å²) in [6.45, 7) is 19.3. The molecular formula is C112H99Cl3F3N13O12. The highest BCUT2D eigenvalue weighted by molar-refractivity contribution is 6.31. The zero-order chi connectivity index (χ0) is 101. The molecule has 8 aromatic heterocycles. The number of fused-ring (bicyclic) bond motifs is 3. The van der Waals surface area contributed by atoms with Crippen LogP contribution in [0.2, 0.25) is 15.1 Å². The van der Waals surface area contributed by atoms with Crippen molar-refractivity contribution in [2.75, 3.05) is 26.9 Å². The molecule has 3 aliphatic rings. The first-order valence-corrected chi connectivity index (χ1v) is 47.3. The fourth-order valence-electron chi connectivity index (χ4n) is 18.2. The number of aryl methyl sites for hydroxylation is 9. The fraction of sp³-hybridized carbons (Fsp3) is 0.205. The molecule has 0 radical (unpaired) electrons. The summed E-state index contributed by atoms with van der Waals surface area (Å²) in [6, 6.07) is 55.1. The van der Waals surface area contributed by atoms with Crippen molar-refractivity contribution in [3.8, 4) is 45.7 Å². The summed E-state index contributed by atoms with van der Waals surface area (Å²) in [6.07, 6.45) is 21.4. The molecule has 0 bridgehead atoms. The van der Waals surface area contributed by atoms with Crippen LogP contribution in [0.15, 0.2) is 294 Å². The maximum Gasteiger partial charge on any atom is 0.262 e. The number of nitrogens with zero attached hydrogens (tertiary/aromatic N) is 12. The zero-order valence-electron chi connectivity index (χ0n) is 79.7. The van der Waals surface area contributed by atoms with Crippen molar-refractivity contribution in [3.05, 3.63) is 477 Å². The van der Waals surface area contributed by atoms with Crippen LogP contribution in [-0.4, -0.2) is 106 Å². The molecule has 25 nitrogen and oxygen atoms in total. The van der Waals surface area contributed by atoms with Crippen LogP contribution in [0.5, 0.6) is 23.0 Å². The summed E-state index contributed by atoms with van der Waals surface area (Å²) in [4.78, 5) is 111. The molecule has 11 heterocycles. The monoisotopic (exact) mass is 1980 g/mol. The van der Waals surface area contributed by atoms with Crippen LogP contribution in [0.25, 0.3) is 22.7 Å². The molecule has 1 amide bonds. The Morgan fingerprint density at radius 2 is 0.811 bits per heavy atom. The number of ketones is 2. The van der Waals surface area contributed by atoms with Gasteiger partial charge < -0.3 is 65.9 Å². The van der Waals surface area contributed by atoms with Gasteiger partial charge in [0.2, 0.25) is 0 Å². The summed E-state index contributed by atoms with van der Waals surface area (Å²) in [7, 11) is 1.62. The third-order valence-corrected chi connectivity index (χ3v) is 26.0. The topological polar surface area (TPSA) is 280 Å². The van der Waals surface area contributed by atoms with E-state index in [0.717, 1.165) is 95.8 Å². The average molecular weight is 1980 g/mol. The maximum atomic E-state index is 14.0. The molecule has 20 rings (SSSR count). The number of hydrogen-bond acceptors (Lipinski definition) is 16. The van der Waals surface area contributed by atoms with Crippen LogP contribution in [0.1, 0.15) is 186 Å². The Bertz CT molecular complexity index is 7790. The normalized spacial score (nSPS) is 14.1. The van der Waals surface area contributed by atoms with E-state index in [1.807, 2.05) is 190 Å². The third-order valence-electron chi connectivity index (χ3n) is 25.4. The molecule has 4 atom stereocenters. The predicted octanol–water partition coefficient (Wildman–Crippen LogP) is 20.5. The number of nitrogens with one attached hydrogen (secondary N) is 1. The maximum absolute atomic E-state index is 14.0. The second-order valence-corrected chi connectivity index (χ2v) is 37.0. The minimum absolute atomic E-state index is 0.0393. The second-order valence-electron chi connectivity index (χ2n) is 35.7. The predicted molar refractivity (Wildman–Crippen MR) is 542 cm³/mol. The largest absolute Gasteiger partial charge is 0.497 e. The van der Waals surface area contributed by atoms with Crippen LogP contribution in [0.4, 0.5) is 13.2 Å². The van der Waals surface area contributed by atoms with Gasteiger partial charge in [0.15, 0.2) is 11.6 Å². The number of pyridine rings is 4. The van der Waals surface area contributed by atoms with Crippen LogP contribution in [0.3, 0.4) is 0 Å². The molecule has 0 saturated heterocycles. The van der Waals surface area contributed by atoms with Gasteiger partial charge in [-0.3, -0.25) is 33.6 Å². The highest BCUT2D eigenvalue weighted by Gasteiger charge is 2.33. The molecule has 0 spiro atoms. The van der Waals surface area contributed by atoms with Gasteiger partial charge in [-0.2, -0.15) is 0 Å². The Morgan fingerprint density at radius 1 is 0.420 bits per heavy atom. The summed E-state index contributed by atoms with van der Waals surface area (Å²) in [5.41, 5.74) is 17.8. The second kappa shape index (κ2) is 42.7. The minimum atomic E-state index is -1.18. The van der Waals surface area contributed by atoms with Gasteiger partial charge in [0.25, 0.3) is 28.1 Å². The summed E-state index contributed by atoms with van der Waals surface area (Å²) >= 11 is 19.1. The number of aliphatic hydroxyl groups excluding tert-OH is 1. The number of rotatable bonds is 21. The highest BCUT2D eigenvalue weighted by atomic mass is 35.5. The lowest BCUT2D eigenvalue weighted by Crippen LogP contribution is -2.32. The Balaban J connectivity index is 0.000000131. The lowest BCUT2D eigenvalue weighted by Gasteiger charge is -2.28. The van der Waals surface area contributed by atoms with E-state index in [1.165, 1.54) is 86.9 Å². The van der Waals surface area contributed by atoms with E-state index in [4.69, 9.17) is 53.8 Å². The van der Waals surface area contributed by atoms with Crippen molar-refractivity contribution in [3.63, 3.8) is 0 Å². The SMILES string of the molecule is COc1ccc(CNC(=O)c2cc(Cc3ccc(-n4cnc(C)c4)c(C)c3)c(=O)n(Cc3ccc(C)cc3)c2)cc1.Cc1cn(-c2ccc(C(=O)c3cc(Cl)cn(C4CCOc5ccc(F)cc54)c3=O)cc2C)cn1.Cc1cn(-c2ccc(C(=O)c3cc(Cl)cn(C4CCOc5ccc(F)cc54)c3=O)cc2C)cn1.Cc1cn(-c2ccc(C(O)c3cc(Cl)cn(C4CCOc5ccc(F)cc54)c3=O)cc2C)cn1. The Hall–Kier alpha value is -15.8. The number of benzene rings is 9. The van der Waals surface area contributed by atoms with Crippen molar-refractivity contribution in [1.29, 1.82) is 0 Å². The first-order chi connectivity index (χ1) is 68.7. The van der Waals surface area contributed by atoms with E-state index in [2.05, 4.69) is 31.3 Å². The zero-order valence-corrected chi connectivity index (χ0v) is 82.0. The lowest BCUT2D eigenvalue weighted by molar-refractivity contribution is 0.0948. The average Bonchev–Trinajstić information content (AvgIpc) is 1.26. The quantitative estimate of drug-likeness (QED) is 0.0632. The number of imidazole rings is 4. The molecule has 3 aliphatic heterocycles. The number of amides is 1. The number of methoxy groups -OCH3 is 1. The number of halogens is 6. The highest BCUT2D eigenvalue weighted by Crippen LogP contribution is 2.40. The first kappa shape index (κ1) is 98.8. The molecule has 31 heteroatoms. The number of aromatic nitrogens is 12. The van der Waals surface area contributed by atoms with Crippen LogP contribution >= 0.6 is 34.8 Å². The van der Waals surface area contributed by atoms with E-state index < -0.39 is 64.4 Å². The van der Waals surface area contributed by atoms with E-state index >= 15 is 0 Å². The molecule has 726 valence electrons. The summed E-state index contributed by atoms with van der Waals surface area (Å²) in [5.74, 6) is -0.0300. The molecule has 4 unspecified atom stereocenters. The van der Waals surface area contributed by atoms with Crippen LogP contribution in [-0.2, 0) is 19.5 Å². The number of hydrogen-bond donors (Lipinski definition) is 2. The van der Waals surface area contributed by atoms with E-state index in [-0.39, 0.29) is 43.8 Å². The molecule has 9 aromatic carbocycles. The Kier molecular flexibility index (Phi) is 29.5. The van der Waals surface area contributed by atoms with Crippen LogP contribution < -0.4 is 46.5 Å². The molecule has 2 N–H and O–H groups in total. The van der Waals surface area contributed by atoms with Crippen molar-refractivity contribution in [2.24, 2.45) is 0 Å². The van der Waals surface area contributed by atoms with Crippen molar-refractivity contribution < 1.29 is 51.6 Å². The number of carbonyl (C=O) groups excluding carboxylic acids is 3. The van der Waals surface area contributed by atoms with Gasteiger partial charge in [-0.25, -0.2) is 33.1 Å². The van der Waals surface area contributed by atoms with Gasteiger partial charge in [0.05, 0.1) is 137 Å². The van der Waals surface area contributed by atoms with Gasteiger partial charge in [0.1, 0.15) is 46.6 Å². The van der Waals surface area contributed by atoms with Gasteiger partial charge >= 0.3 is 0 Å². The fourth-order valence-corrected chi connectivity index (χ4v) is 18.8.